The second-order valence-corrected chi connectivity index (χ2v) is 5.78. The van der Waals surface area contributed by atoms with E-state index in [1.165, 1.54) is 0 Å². The number of anilines is 1. The predicted octanol–water partition coefficient (Wildman–Crippen LogP) is 3.15. The Labute approximate surface area is 128 Å². The number of esters is 1. The third kappa shape index (κ3) is 1.64. The third-order valence-electron chi connectivity index (χ3n) is 4.39. The van der Waals surface area contributed by atoms with Crippen LogP contribution in [0.25, 0.3) is 0 Å². The molecule has 4 nitrogen and oxygen atoms in total. The third-order valence-corrected chi connectivity index (χ3v) is 4.39. The quantitative estimate of drug-likeness (QED) is 0.759. The SMILES string of the molecule is Cc1ccc(N2C(=O)c3ccccc3C23CCC(=O)O3)cc1. The Bertz CT molecular complexity index is 781. The molecule has 4 heteroatoms. The summed E-state index contributed by atoms with van der Waals surface area (Å²) in [4.78, 5) is 26.3. The zero-order chi connectivity index (χ0) is 15.3. The highest BCUT2D eigenvalue weighted by molar-refractivity contribution is 6.12. The van der Waals surface area contributed by atoms with Gasteiger partial charge in [0.05, 0.1) is 6.42 Å². The normalized spacial score (nSPS) is 23.0. The Hall–Kier alpha value is -2.62. The van der Waals surface area contributed by atoms with Crippen LogP contribution in [-0.2, 0) is 15.3 Å². The standard InChI is InChI=1S/C18H15NO3/c1-12-6-8-13(9-7-12)19-17(21)14-4-2-3-5-15(14)18(19)11-10-16(20)22-18/h2-9H,10-11H2,1H3. The highest BCUT2D eigenvalue weighted by atomic mass is 16.6. The van der Waals surface area contributed by atoms with Crippen LogP contribution in [0.3, 0.4) is 0 Å². The maximum atomic E-state index is 12.9. The predicted molar refractivity (Wildman–Crippen MR) is 81.4 cm³/mol. The molecular weight excluding hydrogens is 278 g/mol. The fourth-order valence-electron chi connectivity index (χ4n) is 3.34. The Balaban J connectivity index is 1.92. The minimum absolute atomic E-state index is 0.117. The molecule has 0 bridgehead atoms. The molecule has 2 aliphatic rings. The van der Waals surface area contributed by atoms with E-state index in [1.54, 1.807) is 11.0 Å². The van der Waals surface area contributed by atoms with Crippen LogP contribution >= 0.6 is 0 Å². The number of aryl methyl sites for hydroxylation is 1. The highest BCUT2D eigenvalue weighted by Crippen LogP contribution is 2.49. The molecule has 4 rings (SSSR count). The maximum Gasteiger partial charge on any atom is 0.308 e. The average molecular weight is 293 g/mol. The van der Waals surface area contributed by atoms with E-state index < -0.39 is 5.72 Å². The number of amides is 1. The molecule has 1 fully saturated rings. The highest BCUT2D eigenvalue weighted by Gasteiger charge is 2.56. The van der Waals surface area contributed by atoms with Gasteiger partial charge in [-0.2, -0.15) is 0 Å². The molecule has 2 heterocycles. The molecule has 2 aromatic rings. The van der Waals surface area contributed by atoms with Crippen molar-refractivity contribution in [3.05, 3.63) is 65.2 Å². The molecule has 0 aliphatic carbocycles. The van der Waals surface area contributed by atoms with Crippen LogP contribution < -0.4 is 4.90 Å². The van der Waals surface area contributed by atoms with Gasteiger partial charge in [-0.1, -0.05) is 35.9 Å². The second kappa shape index (κ2) is 4.44. The van der Waals surface area contributed by atoms with Gasteiger partial charge in [-0.3, -0.25) is 14.5 Å². The van der Waals surface area contributed by atoms with Gasteiger partial charge in [0.2, 0.25) is 5.72 Å². The first-order chi connectivity index (χ1) is 10.6. The molecule has 22 heavy (non-hydrogen) atoms. The van der Waals surface area contributed by atoms with E-state index in [4.69, 9.17) is 4.74 Å². The lowest BCUT2D eigenvalue weighted by molar-refractivity contribution is -0.148. The molecule has 0 aromatic heterocycles. The first-order valence-corrected chi connectivity index (χ1v) is 7.34. The molecule has 1 amide bonds. The zero-order valence-electron chi connectivity index (χ0n) is 12.2. The molecule has 2 aromatic carbocycles. The smallest absolute Gasteiger partial charge is 0.308 e. The van der Waals surface area contributed by atoms with Crippen LogP contribution in [0.5, 0.6) is 0 Å². The minimum Gasteiger partial charge on any atom is -0.434 e. The fraction of sp³-hybridized carbons (Fsp3) is 0.222. The van der Waals surface area contributed by atoms with Gasteiger partial charge in [0.15, 0.2) is 0 Å². The summed E-state index contributed by atoms with van der Waals surface area (Å²) in [6, 6.07) is 15.1. The lowest BCUT2D eigenvalue weighted by atomic mass is 9.98. The van der Waals surface area contributed by atoms with E-state index in [0.717, 1.165) is 16.8 Å². The number of hydrogen-bond donors (Lipinski definition) is 0. The molecule has 1 unspecified atom stereocenters. The minimum atomic E-state index is -0.986. The van der Waals surface area contributed by atoms with E-state index in [1.807, 2.05) is 49.4 Å². The van der Waals surface area contributed by atoms with Crippen molar-refractivity contribution < 1.29 is 14.3 Å². The summed E-state index contributed by atoms with van der Waals surface area (Å²) in [5.74, 6) is -0.379. The van der Waals surface area contributed by atoms with Gasteiger partial charge in [0.1, 0.15) is 0 Å². The lowest BCUT2D eigenvalue weighted by Gasteiger charge is -2.34. The van der Waals surface area contributed by atoms with E-state index in [2.05, 4.69) is 0 Å². The summed E-state index contributed by atoms with van der Waals surface area (Å²) in [6.07, 6.45) is 0.812. The molecule has 2 aliphatic heterocycles. The van der Waals surface area contributed by atoms with Crippen LogP contribution in [0.2, 0.25) is 0 Å². The van der Waals surface area contributed by atoms with Gasteiger partial charge in [0.25, 0.3) is 5.91 Å². The fourth-order valence-corrected chi connectivity index (χ4v) is 3.34. The molecule has 0 saturated carbocycles. The van der Waals surface area contributed by atoms with E-state index >= 15 is 0 Å². The van der Waals surface area contributed by atoms with E-state index in [0.29, 0.717) is 18.4 Å². The first-order valence-electron chi connectivity index (χ1n) is 7.34. The van der Waals surface area contributed by atoms with Gasteiger partial charge in [-0.05, 0) is 25.1 Å². The molecule has 1 saturated heterocycles. The number of carbonyl (C=O) groups is 2. The lowest BCUT2D eigenvalue weighted by Crippen LogP contribution is -2.44. The molecular formula is C18H15NO3. The van der Waals surface area contributed by atoms with Crippen LogP contribution in [-0.4, -0.2) is 11.9 Å². The first kappa shape index (κ1) is 13.1. The summed E-state index contributed by atoms with van der Waals surface area (Å²) < 4.78 is 5.67. The number of hydrogen-bond acceptors (Lipinski definition) is 3. The number of rotatable bonds is 1. The van der Waals surface area contributed by atoms with E-state index in [-0.39, 0.29) is 11.9 Å². The molecule has 0 radical (unpaired) electrons. The summed E-state index contributed by atoms with van der Waals surface area (Å²) in [5, 5.41) is 0. The summed E-state index contributed by atoms with van der Waals surface area (Å²) in [7, 11) is 0. The maximum absolute atomic E-state index is 12.9. The van der Waals surface area contributed by atoms with Crippen molar-refractivity contribution in [2.75, 3.05) is 4.90 Å². The average Bonchev–Trinajstić information content (AvgIpc) is 3.02. The van der Waals surface area contributed by atoms with Crippen LogP contribution in [0.1, 0.15) is 34.3 Å². The number of ether oxygens (including phenoxy) is 1. The Morgan fingerprint density at radius 1 is 1.05 bits per heavy atom. The van der Waals surface area contributed by atoms with Crippen LogP contribution in [0, 0.1) is 6.92 Å². The van der Waals surface area contributed by atoms with Crippen molar-refractivity contribution in [3.63, 3.8) is 0 Å². The van der Waals surface area contributed by atoms with Crippen LogP contribution in [0.15, 0.2) is 48.5 Å². The number of carbonyl (C=O) groups excluding carboxylic acids is 2. The largest absolute Gasteiger partial charge is 0.434 e. The topological polar surface area (TPSA) is 46.6 Å². The van der Waals surface area contributed by atoms with Crippen molar-refractivity contribution >= 4 is 17.6 Å². The van der Waals surface area contributed by atoms with Crippen molar-refractivity contribution in [1.29, 1.82) is 0 Å². The summed E-state index contributed by atoms with van der Waals surface area (Å²) in [5.41, 5.74) is 2.27. The Morgan fingerprint density at radius 3 is 2.45 bits per heavy atom. The number of fused-ring (bicyclic) bond motifs is 2. The van der Waals surface area contributed by atoms with Crippen molar-refractivity contribution in [3.8, 4) is 0 Å². The van der Waals surface area contributed by atoms with Crippen molar-refractivity contribution in [1.82, 2.24) is 0 Å². The second-order valence-electron chi connectivity index (χ2n) is 5.78. The van der Waals surface area contributed by atoms with Crippen molar-refractivity contribution in [2.45, 2.75) is 25.5 Å². The zero-order valence-corrected chi connectivity index (χ0v) is 12.2. The Morgan fingerprint density at radius 2 is 1.77 bits per heavy atom. The summed E-state index contributed by atoms with van der Waals surface area (Å²) in [6.45, 7) is 2.00. The van der Waals surface area contributed by atoms with Crippen molar-refractivity contribution in [2.24, 2.45) is 0 Å². The molecule has 1 atom stereocenters. The van der Waals surface area contributed by atoms with E-state index in [9.17, 15) is 9.59 Å². The van der Waals surface area contributed by atoms with Gasteiger partial charge in [-0.25, -0.2) is 0 Å². The summed E-state index contributed by atoms with van der Waals surface area (Å²) >= 11 is 0. The van der Waals surface area contributed by atoms with Gasteiger partial charge in [0, 0.05) is 23.2 Å². The number of benzene rings is 2. The van der Waals surface area contributed by atoms with Crippen LogP contribution in [0.4, 0.5) is 5.69 Å². The monoisotopic (exact) mass is 293 g/mol. The van der Waals surface area contributed by atoms with Gasteiger partial charge >= 0.3 is 5.97 Å². The van der Waals surface area contributed by atoms with Gasteiger partial charge < -0.3 is 4.74 Å². The molecule has 0 N–H and O–H groups in total. The molecule has 1 spiro atoms. The van der Waals surface area contributed by atoms with Gasteiger partial charge in [-0.15, -0.1) is 0 Å². The molecule has 110 valence electrons. The number of nitrogens with zero attached hydrogens (tertiary/aromatic N) is 1. The Kier molecular flexibility index (Phi) is 2.64.